The first kappa shape index (κ1) is 15.6. The van der Waals surface area contributed by atoms with Crippen molar-refractivity contribution in [3.8, 4) is 11.5 Å². The van der Waals surface area contributed by atoms with Gasteiger partial charge in [-0.2, -0.15) is 0 Å². The fraction of sp³-hybridized carbons (Fsp3) is 0.350. The van der Waals surface area contributed by atoms with Gasteiger partial charge in [-0.05, 0) is 48.4 Å². The van der Waals surface area contributed by atoms with Gasteiger partial charge < -0.3 is 9.47 Å². The summed E-state index contributed by atoms with van der Waals surface area (Å²) >= 11 is 0. The number of aliphatic imine (C=N–C) groups is 1. The first-order valence-electron chi connectivity index (χ1n) is 8.09. The molecule has 3 rings (SSSR count). The smallest absolute Gasteiger partial charge is 0.122 e. The molecule has 3 nitrogen and oxygen atoms in total. The first-order chi connectivity index (χ1) is 11.3. The van der Waals surface area contributed by atoms with E-state index in [1.54, 1.807) is 14.2 Å². The summed E-state index contributed by atoms with van der Waals surface area (Å²) < 4.78 is 10.7. The molecule has 23 heavy (non-hydrogen) atoms. The van der Waals surface area contributed by atoms with Crippen molar-refractivity contribution in [2.24, 2.45) is 10.9 Å². The van der Waals surface area contributed by atoms with Crippen molar-refractivity contribution < 1.29 is 9.47 Å². The Morgan fingerprint density at radius 3 is 2.35 bits per heavy atom. The van der Waals surface area contributed by atoms with Gasteiger partial charge in [0.1, 0.15) is 11.5 Å². The lowest BCUT2D eigenvalue weighted by Crippen LogP contribution is -2.19. The van der Waals surface area contributed by atoms with Crippen LogP contribution in [0.2, 0.25) is 0 Å². The number of methoxy groups -OCH3 is 2. The average molecular weight is 309 g/mol. The normalized spacial score (nSPS) is 17.5. The van der Waals surface area contributed by atoms with Crippen molar-refractivity contribution in [2.45, 2.75) is 19.3 Å². The van der Waals surface area contributed by atoms with Crippen molar-refractivity contribution >= 4 is 5.71 Å². The summed E-state index contributed by atoms with van der Waals surface area (Å²) in [5, 5.41) is 0. The molecule has 0 saturated heterocycles. The van der Waals surface area contributed by atoms with Crippen LogP contribution in [0.25, 0.3) is 0 Å². The molecule has 1 atom stereocenters. The highest BCUT2D eigenvalue weighted by Crippen LogP contribution is 2.28. The predicted octanol–water partition coefficient (Wildman–Crippen LogP) is 4.15. The number of benzene rings is 2. The molecule has 0 aromatic heterocycles. The summed E-state index contributed by atoms with van der Waals surface area (Å²) in [4.78, 5) is 4.73. The molecular formula is C20H23NO2. The average Bonchev–Trinajstić information content (AvgIpc) is 2.62. The van der Waals surface area contributed by atoms with Crippen LogP contribution in [-0.4, -0.2) is 26.5 Å². The Hall–Kier alpha value is -2.29. The van der Waals surface area contributed by atoms with Crippen LogP contribution in [0.3, 0.4) is 0 Å². The monoisotopic (exact) mass is 309 g/mol. The molecule has 2 aromatic carbocycles. The number of ether oxygens (including phenoxy) is 2. The maximum Gasteiger partial charge on any atom is 0.122 e. The van der Waals surface area contributed by atoms with Gasteiger partial charge in [0, 0.05) is 18.3 Å². The lowest BCUT2D eigenvalue weighted by molar-refractivity contribution is 0.392. The molecule has 0 bridgehead atoms. The predicted molar refractivity (Wildman–Crippen MR) is 93.8 cm³/mol. The van der Waals surface area contributed by atoms with E-state index in [1.165, 1.54) is 16.8 Å². The molecule has 0 amide bonds. The summed E-state index contributed by atoms with van der Waals surface area (Å²) in [5.41, 5.74) is 3.75. The number of nitrogens with zero attached hydrogens (tertiary/aromatic N) is 1. The van der Waals surface area contributed by atoms with Gasteiger partial charge in [-0.25, -0.2) is 0 Å². The highest BCUT2D eigenvalue weighted by molar-refractivity contribution is 6.01. The largest absolute Gasteiger partial charge is 0.497 e. The van der Waals surface area contributed by atoms with Crippen molar-refractivity contribution in [2.75, 3.05) is 20.8 Å². The number of rotatable bonds is 5. The van der Waals surface area contributed by atoms with Gasteiger partial charge in [0.05, 0.1) is 14.2 Å². The third-order valence-corrected chi connectivity index (χ3v) is 4.36. The Labute approximate surface area is 138 Å². The van der Waals surface area contributed by atoms with Crippen molar-refractivity contribution in [3.63, 3.8) is 0 Å². The molecule has 0 N–H and O–H groups in total. The molecule has 1 aliphatic rings. The lowest BCUT2D eigenvalue weighted by Gasteiger charge is -2.22. The topological polar surface area (TPSA) is 30.8 Å². The van der Waals surface area contributed by atoms with E-state index in [0.29, 0.717) is 5.92 Å². The van der Waals surface area contributed by atoms with E-state index in [2.05, 4.69) is 36.4 Å². The van der Waals surface area contributed by atoms with E-state index >= 15 is 0 Å². The fourth-order valence-electron chi connectivity index (χ4n) is 3.15. The first-order valence-corrected chi connectivity index (χ1v) is 8.09. The Morgan fingerprint density at radius 1 is 1.00 bits per heavy atom. The summed E-state index contributed by atoms with van der Waals surface area (Å²) in [6.45, 7) is 0.913. The highest BCUT2D eigenvalue weighted by atomic mass is 16.5. The Bertz CT molecular complexity index is 657. The van der Waals surface area contributed by atoms with Crippen molar-refractivity contribution in [1.82, 2.24) is 0 Å². The molecule has 0 fully saturated rings. The van der Waals surface area contributed by atoms with E-state index in [-0.39, 0.29) is 0 Å². The second kappa shape index (κ2) is 7.32. The Balaban J connectivity index is 1.73. The molecule has 0 saturated carbocycles. The molecule has 3 heteroatoms. The SMILES string of the molecule is COc1cc(CC2CCN=C(c3ccccc3)C2)cc(OC)c1. The molecule has 2 aromatic rings. The van der Waals surface area contributed by atoms with E-state index in [0.717, 1.165) is 37.3 Å². The quantitative estimate of drug-likeness (QED) is 0.831. The third-order valence-electron chi connectivity index (χ3n) is 4.36. The minimum atomic E-state index is 0.611. The fourth-order valence-corrected chi connectivity index (χ4v) is 3.15. The molecule has 1 aliphatic heterocycles. The van der Waals surface area contributed by atoms with Gasteiger partial charge in [-0.3, -0.25) is 4.99 Å². The molecule has 0 radical (unpaired) electrons. The van der Waals surface area contributed by atoms with Gasteiger partial charge >= 0.3 is 0 Å². The van der Waals surface area contributed by atoms with Gasteiger partial charge in [-0.1, -0.05) is 30.3 Å². The Morgan fingerprint density at radius 2 is 1.70 bits per heavy atom. The molecule has 1 heterocycles. The third kappa shape index (κ3) is 3.92. The van der Waals surface area contributed by atoms with Crippen molar-refractivity contribution in [3.05, 3.63) is 59.7 Å². The summed E-state index contributed by atoms with van der Waals surface area (Å²) in [6.07, 6.45) is 3.19. The van der Waals surface area contributed by atoms with E-state index < -0.39 is 0 Å². The van der Waals surface area contributed by atoms with Gasteiger partial charge in [-0.15, -0.1) is 0 Å². The van der Waals surface area contributed by atoms with Crippen LogP contribution in [0.15, 0.2) is 53.5 Å². The number of hydrogen-bond donors (Lipinski definition) is 0. The minimum Gasteiger partial charge on any atom is -0.497 e. The second-order valence-electron chi connectivity index (χ2n) is 5.98. The molecular weight excluding hydrogens is 286 g/mol. The van der Waals surface area contributed by atoms with Crippen LogP contribution in [0, 0.1) is 5.92 Å². The highest BCUT2D eigenvalue weighted by Gasteiger charge is 2.19. The number of hydrogen-bond acceptors (Lipinski definition) is 3. The Kier molecular flexibility index (Phi) is 4.96. The van der Waals surface area contributed by atoms with Gasteiger partial charge in [0.15, 0.2) is 0 Å². The van der Waals surface area contributed by atoms with Crippen LogP contribution in [0.1, 0.15) is 24.0 Å². The van der Waals surface area contributed by atoms with Gasteiger partial charge in [0.2, 0.25) is 0 Å². The maximum absolute atomic E-state index is 5.37. The molecule has 0 spiro atoms. The van der Waals surface area contributed by atoms with Crippen LogP contribution in [0.4, 0.5) is 0 Å². The lowest BCUT2D eigenvalue weighted by atomic mass is 9.87. The minimum absolute atomic E-state index is 0.611. The molecule has 120 valence electrons. The van der Waals surface area contributed by atoms with Crippen LogP contribution in [-0.2, 0) is 6.42 Å². The van der Waals surface area contributed by atoms with Crippen LogP contribution >= 0.6 is 0 Å². The van der Waals surface area contributed by atoms with E-state index in [4.69, 9.17) is 14.5 Å². The molecule has 1 unspecified atom stereocenters. The van der Waals surface area contributed by atoms with Crippen molar-refractivity contribution in [1.29, 1.82) is 0 Å². The zero-order chi connectivity index (χ0) is 16.1. The summed E-state index contributed by atoms with van der Waals surface area (Å²) in [5.74, 6) is 2.32. The summed E-state index contributed by atoms with van der Waals surface area (Å²) in [6, 6.07) is 16.6. The molecule has 0 aliphatic carbocycles. The zero-order valence-corrected chi connectivity index (χ0v) is 13.8. The standard InChI is InChI=1S/C20H23NO2/c1-22-18-11-16(12-19(14-18)23-2)10-15-8-9-21-20(13-15)17-6-4-3-5-7-17/h3-7,11-12,14-15H,8-10,13H2,1-2H3. The zero-order valence-electron chi connectivity index (χ0n) is 13.8. The maximum atomic E-state index is 5.37. The second-order valence-corrected chi connectivity index (χ2v) is 5.98. The van der Waals surface area contributed by atoms with E-state index in [9.17, 15) is 0 Å². The van der Waals surface area contributed by atoms with Crippen LogP contribution in [0.5, 0.6) is 11.5 Å². The van der Waals surface area contributed by atoms with Crippen LogP contribution < -0.4 is 9.47 Å². The van der Waals surface area contributed by atoms with E-state index in [1.807, 2.05) is 12.1 Å². The summed E-state index contributed by atoms with van der Waals surface area (Å²) in [7, 11) is 3.39. The van der Waals surface area contributed by atoms with Gasteiger partial charge in [0.25, 0.3) is 0 Å².